The number of imidazole rings is 1. The topological polar surface area (TPSA) is 148 Å². The number of hydrogen-bond donors (Lipinski definition) is 2. The first kappa shape index (κ1) is 50.2. The van der Waals surface area contributed by atoms with Crippen LogP contribution in [0.4, 0.5) is 5.69 Å². The first-order valence-electron chi connectivity index (χ1n) is 23.8. The maximum Gasteiger partial charge on any atom is 0.332 e. The number of nitrogens with zero attached hydrogens (tertiary/aromatic N) is 7. The predicted molar refractivity (Wildman–Crippen MR) is 283 cm³/mol. The molecule has 7 aromatic rings. The fourth-order valence-electron chi connectivity index (χ4n) is 9.28. The van der Waals surface area contributed by atoms with Crippen LogP contribution in [-0.2, 0) is 37.5 Å². The number of hydrogen-bond acceptors (Lipinski definition) is 10. The number of carboxylic acids is 1. The third kappa shape index (κ3) is 12.0. The molecule has 4 heterocycles. The van der Waals surface area contributed by atoms with Crippen LogP contribution in [0, 0.1) is 5.41 Å². The summed E-state index contributed by atoms with van der Waals surface area (Å²) >= 11 is 8.04. The van der Waals surface area contributed by atoms with Crippen molar-refractivity contribution < 1.29 is 19.7 Å². The fourth-order valence-corrected chi connectivity index (χ4v) is 11.0. The maximum atomic E-state index is 12.6. The van der Waals surface area contributed by atoms with Gasteiger partial charge in [-0.15, -0.1) is 0 Å². The second kappa shape index (κ2) is 21.8. The number of rotatable bonds is 17. The lowest BCUT2D eigenvalue weighted by molar-refractivity contribution is -0.138. The SMILES string of the molecule is CC(C)(O)c1ccccc1CC[C@@H](SCC1(CC(=O)O)CC1)c1cccc(/C=C/c2ccc3ccc(Cl)cc3n2)c1.COc1ccccc1N1CCN(CCn2cnc3c2c(=O)n(C)c(=O)n3C)CC1. The van der Waals surface area contributed by atoms with Crippen molar-refractivity contribution in [3.63, 3.8) is 0 Å². The van der Waals surface area contributed by atoms with E-state index in [-0.39, 0.29) is 28.3 Å². The Bertz CT molecular complexity index is 3130. The number of pyridine rings is 1. The Balaban J connectivity index is 0.000000200. The number of halogens is 1. The molecule has 9 rings (SSSR count). The maximum absolute atomic E-state index is 12.6. The molecule has 0 amide bonds. The highest BCUT2D eigenvalue weighted by Crippen LogP contribution is 2.53. The van der Waals surface area contributed by atoms with E-state index in [1.54, 1.807) is 20.5 Å². The lowest BCUT2D eigenvalue weighted by Crippen LogP contribution is -2.47. The van der Waals surface area contributed by atoms with Crippen molar-refractivity contribution in [2.24, 2.45) is 19.5 Å². The number of anilines is 1. The average molecular weight is 985 g/mol. The van der Waals surface area contributed by atoms with Crippen molar-refractivity contribution in [1.82, 2.24) is 28.6 Å². The Hall–Kier alpha value is -6.19. The highest BCUT2D eigenvalue weighted by atomic mass is 35.5. The van der Waals surface area contributed by atoms with Crippen molar-refractivity contribution in [3.8, 4) is 5.75 Å². The van der Waals surface area contributed by atoms with Crippen LogP contribution in [0.2, 0.25) is 5.02 Å². The van der Waals surface area contributed by atoms with Crippen LogP contribution in [-0.4, -0.2) is 90.3 Å². The summed E-state index contributed by atoms with van der Waals surface area (Å²) in [5.74, 6) is 1.02. The standard InChI is InChI=1S/C35H36ClNO3S.C20H26N6O3/c1-34(2,40)30-9-4-3-7-25(30)13-17-32(41-23-35(18-19-35)22-33(38)39)27-8-5-6-24(20-27)10-15-29-16-12-26-11-14-28(36)21-31(26)37-29;1-22-18-17(19(27)23(2)20(22)28)26(14-21-18)13-10-24-8-11-25(12-9-24)15-6-4-5-7-16(15)29-3/h3-12,14-16,20-21,32,40H,13,17-19,22-23H2,1-2H3,(H,38,39);4-7,14H,8-13H2,1-3H3/b15-10+;/t32-;/m1./s1. The molecule has 0 unspecified atom stereocenters. The van der Waals surface area contributed by atoms with Crippen LogP contribution in [0.3, 0.4) is 0 Å². The second-order valence-corrected chi connectivity index (χ2v) is 20.6. The first-order valence-corrected chi connectivity index (χ1v) is 25.2. The molecule has 1 aliphatic heterocycles. The van der Waals surface area contributed by atoms with Gasteiger partial charge in [0.2, 0.25) is 0 Å². The molecule has 70 heavy (non-hydrogen) atoms. The summed E-state index contributed by atoms with van der Waals surface area (Å²) in [6.07, 6.45) is 9.67. The minimum Gasteiger partial charge on any atom is -0.495 e. The van der Waals surface area contributed by atoms with E-state index in [9.17, 15) is 24.6 Å². The normalized spacial score (nSPS) is 15.3. The van der Waals surface area contributed by atoms with E-state index in [1.807, 2.05) is 96.9 Å². The Kier molecular flexibility index (Phi) is 15.7. The van der Waals surface area contributed by atoms with Crippen molar-refractivity contribution in [3.05, 3.63) is 163 Å². The lowest BCUT2D eigenvalue weighted by atomic mass is 9.90. The van der Waals surface area contributed by atoms with E-state index < -0.39 is 11.6 Å². The van der Waals surface area contributed by atoms with Gasteiger partial charge < -0.3 is 24.4 Å². The number of aryl methyl sites for hydroxylation is 2. The van der Waals surface area contributed by atoms with Crippen molar-refractivity contribution in [2.45, 2.75) is 63.3 Å². The van der Waals surface area contributed by atoms with Crippen LogP contribution < -0.4 is 20.9 Å². The highest BCUT2D eigenvalue weighted by Gasteiger charge is 2.44. The number of piperazine rings is 1. The van der Waals surface area contributed by atoms with Crippen molar-refractivity contribution in [1.29, 1.82) is 0 Å². The summed E-state index contributed by atoms with van der Waals surface area (Å²) in [7, 11) is 4.83. The van der Waals surface area contributed by atoms with Crippen LogP contribution in [0.15, 0.2) is 119 Å². The Labute approximate surface area is 418 Å². The summed E-state index contributed by atoms with van der Waals surface area (Å²) in [5.41, 5.74) is 6.52. The minimum atomic E-state index is -0.911. The van der Waals surface area contributed by atoms with Crippen molar-refractivity contribution in [2.75, 3.05) is 50.5 Å². The molecule has 13 nitrogen and oxygen atoms in total. The average Bonchev–Trinajstić information content (AvgIpc) is 3.98. The van der Waals surface area contributed by atoms with Gasteiger partial charge in [0, 0.05) is 74.8 Å². The number of ether oxygens (including phenoxy) is 1. The second-order valence-electron chi connectivity index (χ2n) is 19.0. The van der Waals surface area contributed by atoms with E-state index in [0.29, 0.717) is 22.7 Å². The van der Waals surface area contributed by atoms with Crippen LogP contribution in [0.5, 0.6) is 5.75 Å². The predicted octanol–water partition coefficient (Wildman–Crippen LogP) is 9.21. The van der Waals surface area contributed by atoms with Gasteiger partial charge >= 0.3 is 11.7 Å². The monoisotopic (exact) mass is 983 g/mol. The van der Waals surface area contributed by atoms with Gasteiger partial charge in [-0.05, 0) is 104 Å². The number of carboxylic acid groups (broad SMARTS) is 1. The number of aromatic nitrogens is 5. The van der Waals surface area contributed by atoms with E-state index in [4.69, 9.17) is 21.3 Å². The van der Waals surface area contributed by atoms with Gasteiger partial charge in [-0.3, -0.25) is 23.6 Å². The zero-order valence-electron chi connectivity index (χ0n) is 40.6. The van der Waals surface area contributed by atoms with Gasteiger partial charge in [-0.2, -0.15) is 11.8 Å². The quantitative estimate of drug-likeness (QED) is 0.0900. The number of aliphatic carboxylic acids is 1. The summed E-state index contributed by atoms with van der Waals surface area (Å²) in [4.78, 5) is 49.8. The number of para-hydroxylation sites is 2. The largest absolute Gasteiger partial charge is 0.495 e. The molecule has 0 spiro atoms. The molecular formula is C55H62ClN7O6S. The van der Waals surface area contributed by atoms with Crippen LogP contribution in [0.1, 0.15) is 72.7 Å². The van der Waals surface area contributed by atoms with Gasteiger partial charge in [-0.1, -0.05) is 90.5 Å². The molecule has 1 atom stereocenters. The van der Waals surface area contributed by atoms with Crippen LogP contribution in [0.25, 0.3) is 34.2 Å². The summed E-state index contributed by atoms with van der Waals surface area (Å²) < 4.78 is 9.88. The fraction of sp³-hybridized carbons (Fsp3) is 0.364. The number of carbonyl (C=O) groups is 1. The molecule has 3 aromatic heterocycles. The Morgan fingerprint density at radius 1 is 0.900 bits per heavy atom. The van der Waals surface area contributed by atoms with Crippen molar-refractivity contribution >= 4 is 69.2 Å². The number of thioether (sulfide) groups is 1. The lowest BCUT2D eigenvalue weighted by Gasteiger charge is -2.36. The van der Waals surface area contributed by atoms with E-state index in [2.05, 4.69) is 63.3 Å². The molecule has 1 saturated heterocycles. The molecule has 0 radical (unpaired) electrons. The number of fused-ring (bicyclic) bond motifs is 2. The van der Waals surface area contributed by atoms with E-state index >= 15 is 0 Å². The number of methoxy groups -OCH3 is 1. The van der Waals surface area contributed by atoms with Gasteiger partial charge in [0.15, 0.2) is 11.2 Å². The van der Waals surface area contributed by atoms with Crippen LogP contribution >= 0.6 is 23.4 Å². The van der Waals surface area contributed by atoms with Gasteiger partial charge in [0.05, 0.1) is 42.4 Å². The minimum absolute atomic E-state index is 0.0814. The molecule has 366 valence electrons. The third-order valence-electron chi connectivity index (χ3n) is 13.5. The molecule has 4 aromatic carbocycles. The van der Waals surface area contributed by atoms with Gasteiger partial charge in [0.1, 0.15) is 5.75 Å². The molecule has 2 N–H and O–H groups in total. The molecule has 0 bridgehead atoms. The Morgan fingerprint density at radius 3 is 2.39 bits per heavy atom. The van der Waals surface area contributed by atoms with Gasteiger partial charge in [-0.25, -0.2) is 14.8 Å². The molecule has 1 saturated carbocycles. The first-order chi connectivity index (χ1) is 33.6. The third-order valence-corrected chi connectivity index (χ3v) is 15.4. The highest BCUT2D eigenvalue weighted by molar-refractivity contribution is 7.99. The summed E-state index contributed by atoms with van der Waals surface area (Å²) in [5, 5.41) is 22.1. The Morgan fingerprint density at radius 2 is 1.64 bits per heavy atom. The van der Waals surface area contributed by atoms with E-state index in [1.165, 1.54) is 17.2 Å². The smallest absolute Gasteiger partial charge is 0.332 e. The number of benzene rings is 4. The molecule has 2 fully saturated rings. The summed E-state index contributed by atoms with van der Waals surface area (Å²) in [6, 6.07) is 34.6. The van der Waals surface area contributed by atoms with E-state index in [0.717, 1.165) is 113 Å². The zero-order valence-corrected chi connectivity index (χ0v) is 42.1. The molecule has 1 aliphatic carbocycles. The summed E-state index contributed by atoms with van der Waals surface area (Å²) in [6.45, 7) is 8.83. The molecular weight excluding hydrogens is 922 g/mol. The zero-order chi connectivity index (χ0) is 49.6. The van der Waals surface area contributed by atoms with Gasteiger partial charge in [0.25, 0.3) is 5.56 Å². The molecule has 2 aliphatic rings. The molecule has 15 heteroatoms. The number of aliphatic hydroxyl groups is 1.